The number of allylic oxidation sites excluding steroid dienone is 1. The van der Waals surface area contributed by atoms with Gasteiger partial charge in [0.2, 0.25) is 0 Å². The predicted octanol–water partition coefficient (Wildman–Crippen LogP) is 4.76. The van der Waals surface area contributed by atoms with Gasteiger partial charge in [0.1, 0.15) is 5.75 Å². The molecule has 1 N–H and O–H groups in total. The van der Waals surface area contributed by atoms with Crippen molar-refractivity contribution >= 4 is 21.8 Å². The van der Waals surface area contributed by atoms with Gasteiger partial charge in [0.25, 0.3) is 5.91 Å². The first-order chi connectivity index (χ1) is 11.0. The molecule has 1 amide bonds. The number of halogens is 1. The number of benzene rings is 1. The number of amides is 1. The average molecular weight is 380 g/mol. The first-order valence-electron chi connectivity index (χ1n) is 8.32. The second-order valence-corrected chi connectivity index (χ2v) is 7.05. The summed E-state index contributed by atoms with van der Waals surface area (Å²) in [7, 11) is 0. The Balaban J connectivity index is 1.79. The number of rotatable bonds is 6. The smallest absolute Gasteiger partial charge is 0.257 e. The Kier molecular flexibility index (Phi) is 6.70. The van der Waals surface area contributed by atoms with Crippen LogP contribution in [0.4, 0.5) is 0 Å². The number of aryl methyl sites for hydroxylation is 1. The summed E-state index contributed by atoms with van der Waals surface area (Å²) in [5, 5.41) is 2.95. The Morgan fingerprint density at radius 3 is 2.74 bits per heavy atom. The Bertz CT molecular complexity index is 608. The topological polar surface area (TPSA) is 38.3 Å². The van der Waals surface area contributed by atoms with E-state index < -0.39 is 0 Å². The molecular formula is C19H26BrNO2. The fourth-order valence-electron chi connectivity index (χ4n) is 2.85. The van der Waals surface area contributed by atoms with E-state index in [9.17, 15) is 4.79 Å². The lowest BCUT2D eigenvalue weighted by atomic mass is 9.97. The molecule has 4 heteroatoms. The van der Waals surface area contributed by atoms with Crippen LogP contribution in [0.5, 0.6) is 5.75 Å². The molecule has 0 fully saturated rings. The zero-order valence-electron chi connectivity index (χ0n) is 14.3. The van der Waals surface area contributed by atoms with E-state index in [0.717, 1.165) is 33.3 Å². The van der Waals surface area contributed by atoms with E-state index in [1.807, 2.05) is 19.9 Å². The van der Waals surface area contributed by atoms with E-state index >= 15 is 0 Å². The molecule has 0 atom stereocenters. The normalized spacial score (nSPS) is 14.3. The van der Waals surface area contributed by atoms with E-state index in [1.54, 1.807) is 0 Å². The van der Waals surface area contributed by atoms with Gasteiger partial charge in [0.05, 0.1) is 0 Å². The fourth-order valence-corrected chi connectivity index (χ4v) is 3.26. The van der Waals surface area contributed by atoms with Crippen molar-refractivity contribution in [2.75, 3.05) is 13.2 Å². The van der Waals surface area contributed by atoms with Crippen molar-refractivity contribution in [1.82, 2.24) is 5.32 Å². The predicted molar refractivity (Wildman–Crippen MR) is 98.0 cm³/mol. The third kappa shape index (κ3) is 5.10. The number of hydrogen-bond acceptors (Lipinski definition) is 2. The molecule has 126 valence electrons. The lowest BCUT2D eigenvalue weighted by Gasteiger charge is -2.15. The van der Waals surface area contributed by atoms with Crippen LogP contribution in [0.25, 0.3) is 0 Å². The summed E-state index contributed by atoms with van der Waals surface area (Å²) in [6.45, 7) is 6.87. The van der Waals surface area contributed by atoms with Gasteiger partial charge in [-0.05, 0) is 75.6 Å². The fraction of sp³-hybridized carbons (Fsp3) is 0.526. The number of carbonyl (C=O) groups excluding carboxylic acids is 1. The summed E-state index contributed by atoms with van der Waals surface area (Å²) in [5.41, 5.74) is 4.83. The molecular weight excluding hydrogens is 354 g/mol. The summed E-state index contributed by atoms with van der Waals surface area (Å²) in [4.78, 5) is 11.9. The van der Waals surface area contributed by atoms with Crippen molar-refractivity contribution in [3.8, 4) is 5.75 Å². The molecule has 1 aromatic carbocycles. The van der Waals surface area contributed by atoms with Crippen molar-refractivity contribution in [2.24, 2.45) is 0 Å². The number of carbonyl (C=O) groups is 1. The van der Waals surface area contributed by atoms with Gasteiger partial charge in [-0.25, -0.2) is 0 Å². The highest BCUT2D eigenvalue weighted by molar-refractivity contribution is 9.10. The minimum atomic E-state index is -0.0564. The molecule has 0 bridgehead atoms. The highest BCUT2D eigenvalue weighted by Gasteiger charge is 2.11. The van der Waals surface area contributed by atoms with Gasteiger partial charge in [-0.3, -0.25) is 4.79 Å². The Hall–Kier alpha value is -1.29. The van der Waals surface area contributed by atoms with Crippen molar-refractivity contribution in [1.29, 1.82) is 0 Å². The Labute approximate surface area is 147 Å². The average Bonchev–Trinajstić information content (AvgIpc) is 2.56. The summed E-state index contributed by atoms with van der Waals surface area (Å²) in [6, 6.07) is 1.98. The molecule has 23 heavy (non-hydrogen) atoms. The molecule has 0 spiro atoms. The first kappa shape index (κ1) is 18.1. The Morgan fingerprint density at radius 1 is 1.26 bits per heavy atom. The Morgan fingerprint density at radius 2 is 2.04 bits per heavy atom. The quantitative estimate of drug-likeness (QED) is 0.723. The van der Waals surface area contributed by atoms with Crippen LogP contribution in [-0.4, -0.2) is 19.1 Å². The third-order valence-electron chi connectivity index (χ3n) is 4.47. The van der Waals surface area contributed by atoms with Crippen LogP contribution in [0.1, 0.15) is 48.8 Å². The van der Waals surface area contributed by atoms with E-state index in [1.165, 1.54) is 31.3 Å². The van der Waals surface area contributed by atoms with Crippen LogP contribution >= 0.6 is 15.9 Å². The molecule has 1 aliphatic carbocycles. The van der Waals surface area contributed by atoms with Crippen LogP contribution in [0.3, 0.4) is 0 Å². The lowest BCUT2D eigenvalue weighted by molar-refractivity contribution is -0.123. The van der Waals surface area contributed by atoms with Gasteiger partial charge >= 0.3 is 0 Å². The third-order valence-corrected chi connectivity index (χ3v) is 5.69. The van der Waals surface area contributed by atoms with E-state index in [-0.39, 0.29) is 12.5 Å². The number of ether oxygens (including phenoxy) is 1. The van der Waals surface area contributed by atoms with E-state index in [0.29, 0.717) is 6.54 Å². The van der Waals surface area contributed by atoms with Crippen molar-refractivity contribution < 1.29 is 9.53 Å². The van der Waals surface area contributed by atoms with Crippen LogP contribution in [0.2, 0.25) is 0 Å². The van der Waals surface area contributed by atoms with Crippen LogP contribution in [0.15, 0.2) is 22.2 Å². The number of nitrogens with one attached hydrogen (secondary N) is 1. The SMILES string of the molecule is Cc1cc(OCC(=O)NCCC2=CCCCC2)c(C)c(C)c1Br. The first-order valence-corrected chi connectivity index (χ1v) is 9.12. The van der Waals surface area contributed by atoms with Crippen LogP contribution in [-0.2, 0) is 4.79 Å². The molecule has 0 unspecified atom stereocenters. The zero-order valence-corrected chi connectivity index (χ0v) is 15.9. The molecule has 0 radical (unpaired) electrons. The van der Waals surface area contributed by atoms with Crippen molar-refractivity contribution in [3.05, 3.63) is 38.9 Å². The molecule has 0 aliphatic heterocycles. The van der Waals surface area contributed by atoms with Gasteiger partial charge in [-0.1, -0.05) is 27.6 Å². The van der Waals surface area contributed by atoms with Gasteiger partial charge in [-0.2, -0.15) is 0 Å². The van der Waals surface area contributed by atoms with Gasteiger partial charge in [0, 0.05) is 11.0 Å². The van der Waals surface area contributed by atoms with E-state index in [2.05, 4.69) is 34.2 Å². The molecule has 0 aromatic heterocycles. The minimum Gasteiger partial charge on any atom is -0.483 e. The molecule has 1 aliphatic rings. The van der Waals surface area contributed by atoms with Crippen molar-refractivity contribution in [2.45, 2.75) is 52.9 Å². The van der Waals surface area contributed by atoms with Crippen LogP contribution < -0.4 is 10.1 Å². The molecule has 0 saturated carbocycles. The molecule has 0 saturated heterocycles. The molecule has 1 aromatic rings. The zero-order chi connectivity index (χ0) is 16.8. The largest absolute Gasteiger partial charge is 0.483 e. The minimum absolute atomic E-state index is 0.0564. The highest BCUT2D eigenvalue weighted by atomic mass is 79.9. The lowest BCUT2D eigenvalue weighted by Crippen LogP contribution is -2.30. The van der Waals surface area contributed by atoms with Gasteiger partial charge in [-0.15, -0.1) is 0 Å². The van der Waals surface area contributed by atoms with Gasteiger partial charge < -0.3 is 10.1 Å². The maximum Gasteiger partial charge on any atom is 0.257 e. The van der Waals surface area contributed by atoms with Crippen LogP contribution in [0, 0.1) is 20.8 Å². The standard InChI is InChI=1S/C19H26BrNO2/c1-13-11-17(14(2)15(3)19(13)20)23-12-18(22)21-10-9-16-7-5-4-6-8-16/h7,11H,4-6,8-10,12H2,1-3H3,(H,21,22). The maximum atomic E-state index is 11.9. The maximum absolute atomic E-state index is 11.9. The molecule has 2 rings (SSSR count). The van der Waals surface area contributed by atoms with Crippen molar-refractivity contribution in [3.63, 3.8) is 0 Å². The summed E-state index contributed by atoms with van der Waals surface area (Å²) >= 11 is 3.58. The highest BCUT2D eigenvalue weighted by Crippen LogP contribution is 2.31. The second-order valence-electron chi connectivity index (χ2n) is 6.25. The number of hydrogen-bond donors (Lipinski definition) is 1. The summed E-state index contributed by atoms with van der Waals surface area (Å²) < 4.78 is 6.81. The summed E-state index contributed by atoms with van der Waals surface area (Å²) in [5.74, 6) is 0.729. The van der Waals surface area contributed by atoms with E-state index in [4.69, 9.17) is 4.74 Å². The van der Waals surface area contributed by atoms with Gasteiger partial charge in [0.15, 0.2) is 6.61 Å². The second kappa shape index (κ2) is 8.53. The monoisotopic (exact) mass is 379 g/mol. The summed E-state index contributed by atoms with van der Waals surface area (Å²) in [6.07, 6.45) is 8.24. The molecule has 0 heterocycles. The molecule has 3 nitrogen and oxygen atoms in total.